The highest BCUT2D eigenvalue weighted by molar-refractivity contribution is 7.12. The van der Waals surface area contributed by atoms with Gasteiger partial charge in [-0.05, 0) is 37.0 Å². The van der Waals surface area contributed by atoms with Crippen molar-refractivity contribution in [2.75, 3.05) is 7.11 Å². The number of phenols is 1. The van der Waals surface area contributed by atoms with E-state index in [0.717, 1.165) is 12.1 Å². The largest absolute Gasteiger partial charge is 0.507 e. The van der Waals surface area contributed by atoms with Crippen molar-refractivity contribution in [2.45, 2.75) is 32.4 Å². The molecule has 0 unspecified atom stereocenters. The zero-order valence-electron chi connectivity index (χ0n) is 11.6. The Hall–Kier alpha value is -1.52. The highest BCUT2D eigenvalue weighted by atomic mass is 32.1. The van der Waals surface area contributed by atoms with Crippen LogP contribution in [0.25, 0.3) is 0 Å². The maximum Gasteiger partial charge on any atom is 0.123 e. The van der Waals surface area contributed by atoms with Crippen molar-refractivity contribution in [3.8, 4) is 11.5 Å². The van der Waals surface area contributed by atoms with Crippen LogP contribution in [0.2, 0.25) is 0 Å². The van der Waals surface area contributed by atoms with Crippen molar-refractivity contribution in [1.82, 2.24) is 5.32 Å². The van der Waals surface area contributed by atoms with Gasteiger partial charge < -0.3 is 15.2 Å². The van der Waals surface area contributed by atoms with Gasteiger partial charge >= 0.3 is 0 Å². The van der Waals surface area contributed by atoms with Crippen molar-refractivity contribution in [2.24, 2.45) is 0 Å². The van der Waals surface area contributed by atoms with Crippen LogP contribution in [-0.4, -0.2) is 12.2 Å². The van der Waals surface area contributed by atoms with Gasteiger partial charge in [-0.1, -0.05) is 6.07 Å². The molecular weight excluding hydrogens is 270 g/mol. The monoisotopic (exact) mass is 289 g/mol. The number of ether oxygens (including phenoxy) is 1. The first-order valence-electron chi connectivity index (χ1n) is 6.93. The van der Waals surface area contributed by atoms with Gasteiger partial charge in [0.25, 0.3) is 0 Å². The number of fused-ring (bicyclic) bond motifs is 1. The SMILES string of the molecule is COc1ccc(CNCc2cc3c(s2)CCC3)c(O)c1. The number of phenolic OH excluding ortho intramolecular Hbond substituents is 1. The van der Waals surface area contributed by atoms with E-state index in [1.54, 1.807) is 23.6 Å². The molecule has 20 heavy (non-hydrogen) atoms. The van der Waals surface area contributed by atoms with E-state index in [4.69, 9.17) is 4.74 Å². The van der Waals surface area contributed by atoms with E-state index in [0.29, 0.717) is 12.3 Å². The second kappa shape index (κ2) is 5.85. The fourth-order valence-electron chi connectivity index (χ4n) is 2.62. The van der Waals surface area contributed by atoms with Gasteiger partial charge in [0, 0.05) is 34.5 Å². The summed E-state index contributed by atoms with van der Waals surface area (Å²) in [6.07, 6.45) is 3.80. The molecule has 0 saturated heterocycles. The maximum absolute atomic E-state index is 9.90. The van der Waals surface area contributed by atoms with Gasteiger partial charge in [-0.25, -0.2) is 0 Å². The molecule has 3 rings (SSSR count). The molecule has 0 radical (unpaired) electrons. The summed E-state index contributed by atoms with van der Waals surface area (Å²) in [6.45, 7) is 1.53. The lowest BCUT2D eigenvalue weighted by atomic mass is 10.2. The molecule has 0 atom stereocenters. The third-order valence-electron chi connectivity index (χ3n) is 3.70. The summed E-state index contributed by atoms with van der Waals surface area (Å²) in [5, 5.41) is 13.3. The topological polar surface area (TPSA) is 41.5 Å². The summed E-state index contributed by atoms with van der Waals surface area (Å²) in [5.74, 6) is 0.964. The van der Waals surface area contributed by atoms with Crippen LogP contribution >= 0.6 is 11.3 Å². The molecule has 4 heteroatoms. The molecule has 3 nitrogen and oxygen atoms in total. The number of aromatic hydroxyl groups is 1. The van der Waals surface area contributed by atoms with Crippen molar-refractivity contribution in [1.29, 1.82) is 0 Å². The second-order valence-electron chi connectivity index (χ2n) is 5.11. The van der Waals surface area contributed by atoms with E-state index in [1.165, 1.54) is 24.1 Å². The van der Waals surface area contributed by atoms with Crippen molar-refractivity contribution >= 4 is 11.3 Å². The molecule has 1 heterocycles. The van der Waals surface area contributed by atoms with Gasteiger partial charge in [0.1, 0.15) is 11.5 Å². The quantitative estimate of drug-likeness (QED) is 0.888. The summed E-state index contributed by atoms with van der Waals surface area (Å²) in [7, 11) is 1.60. The van der Waals surface area contributed by atoms with E-state index < -0.39 is 0 Å². The molecule has 0 amide bonds. The van der Waals surface area contributed by atoms with Crippen LogP contribution in [0.3, 0.4) is 0 Å². The number of nitrogens with one attached hydrogen (secondary N) is 1. The van der Waals surface area contributed by atoms with Crippen LogP contribution in [0.15, 0.2) is 24.3 Å². The van der Waals surface area contributed by atoms with Crippen LogP contribution in [0.1, 0.15) is 27.3 Å². The molecule has 1 aliphatic rings. The van der Waals surface area contributed by atoms with Gasteiger partial charge in [-0.2, -0.15) is 0 Å². The number of methoxy groups -OCH3 is 1. The molecule has 2 aromatic rings. The van der Waals surface area contributed by atoms with Crippen LogP contribution in [-0.2, 0) is 25.9 Å². The zero-order chi connectivity index (χ0) is 13.9. The molecule has 0 fully saturated rings. The number of aryl methyl sites for hydroxylation is 2. The number of thiophene rings is 1. The number of benzene rings is 1. The third kappa shape index (κ3) is 2.81. The molecule has 106 valence electrons. The van der Waals surface area contributed by atoms with Gasteiger partial charge in [0.05, 0.1) is 7.11 Å². The molecule has 1 aromatic heterocycles. The predicted octanol–water partition coefficient (Wildman–Crippen LogP) is 3.24. The lowest BCUT2D eigenvalue weighted by Crippen LogP contribution is -2.11. The first kappa shape index (κ1) is 13.5. The van der Waals surface area contributed by atoms with Gasteiger partial charge in [-0.3, -0.25) is 0 Å². The Morgan fingerprint density at radius 1 is 1.25 bits per heavy atom. The molecule has 2 N–H and O–H groups in total. The minimum absolute atomic E-state index is 0.283. The lowest BCUT2D eigenvalue weighted by Gasteiger charge is -2.07. The third-order valence-corrected chi connectivity index (χ3v) is 4.94. The van der Waals surface area contributed by atoms with Crippen molar-refractivity contribution in [3.63, 3.8) is 0 Å². The number of hydrogen-bond donors (Lipinski definition) is 2. The Kier molecular flexibility index (Phi) is 3.94. The smallest absolute Gasteiger partial charge is 0.123 e. The molecular formula is C16H19NO2S. The van der Waals surface area contributed by atoms with Crippen LogP contribution in [0.5, 0.6) is 11.5 Å². The summed E-state index contributed by atoms with van der Waals surface area (Å²) >= 11 is 1.92. The van der Waals surface area contributed by atoms with Crippen molar-refractivity contribution < 1.29 is 9.84 Å². The summed E-state index contributed by atoms with van der Waals surface area (Å²) in [5.41, 5.74) is 2.44. The van der Waals surface area contributed by atoms with E-state index in [9.17, 15) is 5.11 Å². The minimum Gasteiger partial charge on any atom is -0.507 e. The average molecular weight is 289 g/mol. The number of rotatable bonds is 5. The van der Waals surface area contributed by atoms with Gasteiger partial charge in [0.2, 0.25) is 0 Å². The second-order valence-corrected chi connectivity index (χ2v) is 6.33. The van der Waals surface area contributed by atoms with E-state index in [1.807, 2.05) is 23.5 Å². The van der Waals surface area contributed by atoms with Crippen LogP contribution < -0.4 is 10.1 Å². The Bertz CT molecular complexity index is 585. The Balaban J connectivity index is 1.56. The molecule has 1 aliphatic carbocycles. The molecule has 0 aliphatic heterocycles. The molecule has 1 aromatic carbocycles. The first-order chi connectivity index (χ1) is 9.76. The highest BCUT2D eigenvalue weighted by Gasteiger charge is 2.14. The highest BCUT2D eigenvalue weighted by Crippen LogP contribution is 2.30. The van der Waals surface area contributed by atoms with Gasteiger partial charge in [0.15, 0.2) is 0 Å². The molecule has 0 saturated carbocycles. The number of hydrogen-bond acceptors (Lipinski definition) is 4. The summed E-state index contributed by atoms with van der Waals surface area (Å²) in [4.78, 5) is 2.96. The standard InChI is InChI=1S/C16H19NO2S/c1-19-13-6-5-12(15(18)8-13)9-17-10-14-7-11-3-2-4-16(11)20-14/h5-8,17-18H,2-4,9-10H2,1H3. The minimum atomic E-state index is 0.283. The lowest BCUT2D eigenvalue weighted by molar-refractivity contribution is 0.406. The summed E-state index contributed by atoms with van der Waals surface area (Å²) in [6, 6.07) is 7.75. The van der Waals surface area contributed by atoms with E-state index in [2.05, 4.69) is 11.4 Å². The summed E-state index contributed by atoms with van der Waals surface area (Å²) < 4.78 is 5.08. The van der Waals surface area contributed by atoms with Crippen LogP contribution in [0, 0.1) is 0 Å². The zero-order valence-corrected chi connectivity index (χ0v) is 12.4. The normalized spacial score (nSPS) is 13.4. The van der Waals surface area contributed by atoms with Crippen molar-refractivity contribution in [3.05, 3.63) is 45.1 Å². The maximum atomic E-state index is 9.90. The van der Waals surface area contributed by atoms with Crippen LogP contribution in [0.4, 0.5) is 0 Å². The van der Waals surface area contributed by atoms with E-state index >= 15 is 0 Å². The predicted molar refractivity (Wildman–Crippen MR) is 81.5 cm³/mol. The molecule has 0 spiro atoms. The Morgan fingerprint density at radius 3 is 2.90 bits per heavy atom. The fraction of sp³-hybridized carbons (Fsp3) is 0.375. The first-order valence-corrected chi connectivity index (χ1v) is 7.75. The average Bonchev–Trinajstić information content (AvgIpc) is 3.01. The molecule has 0 bridgehead atoms. The Labute approximate surface area is 123 Å². The fourth-order valence-corrected chi connectivity index (χ4v) is 3.85. The van der Waals surface area contributed by atoms with Gasteiger partial charge in [-0.15, -0.1) is 11.3 Å². The van der Waals surface area contributed by atoms with E-state index in [-0.39, 0.29) is 5.75 Å². The Morgan fingerprint density at radius 2 is 2.15 bits per heavy atom.